The van der Waals surface area contributed by atoms with Crippen LogP contribution in [0.15, 0.2) is 46.7 Å². The number of hydrogen-bond donors (Lipinski definition) is 2. The van der Waals surface area contributed by atoms with E-state index in [0.29, 0.717) is 5.82 Å². The quantitative estimate of drug-likeness (QED) is 0.602. The molecule has 0 unspecified atom stereocenters. The summed E-state index contributed by atoms with van der Waals surface area (Å²) < 4.78 is 6.33. The lowest BCUT2D eigenvalue weighted by Crippen LogP contribution is -1.94. The molecule has 0 saturated carbocycles. The van der Waals surface area contributed by atoms with Crippen molar-refractivity contribution < 1.29 is 4.42 Å². The van der Waals surface area contributed by atoms with E-state index in [1.54, 1.807) is 17.6 Å². The van der Waals surface area contributed by atoms with Gasteiger partial charge in [-0.2, -0.15) is 5.10 Å². The van der Waals surface area contributed by atoms with E-state index in [1.807, 2.05) is 29.6 Å². The van der Waals surface area contributed by atoms with E-state index in [4.69, 9.17) is 4.42 Å². The third-order valence-electron chi connectivity index (χ3n) is 2.85. The SMILES string of the molecule is c1coc(-c2cc(Nc3ncnc4ccsc34)n[nH]2)c1. The fourth-order valence-electron chi connectivity index (χ4n) is 1.94. The molecule has 0 spiro atoms. The summed E-state index contributed by atoms with van der Waals surface area (Å²) in [5.74, 6) is 2.18. The number of rotatable bonds is 3. The zero-order valence-electron chi connectivity index (χ0n) is 10.2. The van der Waals surface area contributed by atoms with Gasteiger partial charge < -0.3 is 9.73 Å². The van der Waals surface area contributed by atoms with Gasteiger partial charge in [-0.1, -0.05) is 0 Å². The Labute approximate surface area is 117 Å². The molecular formula is C13H9N5OS. The minimum atomic E-state index is 0.685. The van der Waals surface area contributed by atoms with Crippen molar-refractivity contribution in [2.24, 2.45) is 0 Å². The van der Waals surface area contributed by atoms with Crippen molar-refractivity contribution in [3.8, 4) is 11.5 Å². The van der Waals surface area contributed by atoms with Crippen molar-refractivity contribution >= 4 is 33.2 Å². The first-order chi connectivity index (χ1) is 9.90. The van der Waals surface area contributed by atoms with Gasteiger partial charge in [-0.05, 0) is 23.6 Å². The van der Waals surface area contributed by atoms with E-state index < -0.39 is 0 Å². The van der Waals surface area contributed by atoms with E-state index >= 15 is 0 Å². The van der Waals surface area contributed by atoms with Crippen molar-refractivity contribution in [2.45, 2.75) is 0 Å². The van der Waals surface area contributed by atoms with Gasteiger partial charge >= 0.3 is 0 Å². The highest BCUT2D eigenvalue weighted by atomic mass is 32.1. The number of furan rings is 1. The predicted molar refractivity (Wildman–Crippen MR) is 77.0 cm³/mol. The molecule has 0 aliphatic heterocycles. The number of fused-ring (bicyclic) bond motifs is 1. The Morgan fingerprint density at radius 2 is 2.25 bits per heavy atom. The van der Waals surface area contributed by atoms with Gasteiger partial charge in [-0.3, -0.25) is 5.10 Å². The third kappa shape index (κ3) is 1.84. The van der Waals surface area contributed by atoms with Crippen molar-refractivity contribution in [3.63, 3.8) is 0 Å². The normalized spacial score (nSPS) is 11.0. The smallest absolute Gasteiger partial charge is 0.154 e. The molecular weight excluding hydrogens is 274 g/mol. The number of aromatic nitrogens is 4. The highest BCUT2D eigenvalue weighted by molar-refractivity contribution is 7.17. The lowest BCUT2D eigenvalue weighted by molar-refractivity contribution is 0.580. The fraction of sp³-hybridized carbons (Fsp3) is 0. The lowest BCUT2D eigenvalue weighted by atomic mass is 10.3. The number of H-pyrrole nitrogens is 1. The Kier molecular flexibility index (Phi) is 2.49. The molecule has 4 heterocycles. The number of hydrogen-bond acceptors (Lipinski definition) is 6. The number of nitrogens with zero attached hydrogens (tertiary/aromatic N) is 3. The van der Waals surface area contributed by atoms with Gasteiger partial charge in [0.1, 0.15) is 12.0 Å². The van der Waals surface area contributed by atoms with Crippen LogP contribution in [0.3, 0.4) is 0 Å². The second kappa shape index (κ2) is 4.46. The average Bonchev–Trinajstić information content (AvgIpc) is 3.20. The van der Waals surface area contributed by atoms with E-state index in [9.17, 15) is 0 Å². The fourth-order valence-corrected chi connectivity index (χ4v) is 2.73. The van der Waals surface area contributed by atoms with Gasteiger partial charge in [0.05, 0.1) is 16.5 Å². The standard InChI is InChI=1S/C13H9N5OS/c1-2-10(19-4-1)9-6-11(18-17-9)16-13-12-8(3-5-20-12)14-7-15-13/h1-7H,(H2,14,15,16,17,18). The molecule has 0 radical (unpaired) electrons. The maximum absolute atomic E-state index is 5.32. The zero-order valence-corrected chi connectivity index (χ0v) is 11.0. The summed E-state index contributed by atoms with van der Waals surface area (Å²) in [4.78, 5) is 8.46. The maximum Gasteiger partial charge on any atom is 0.154 e. The largest absolute Gasteiger partial charge is 0.463 e. The summed E-state index contributed by atoms with van der Waals surface area (Å²) >= 11 is 1.59. The van der Waals surface area contributed by atoms with Crippen LogP contribution in [0, 0.1) is 0 Å². The third-order valence-corrected chi connectivity index (χ3v) is 3.76. The van der Waals surface area contributed by atoms with Gasteiger partial charge in [0.25, 0.3) is 0 Å². The molecule has 4 aromatic heterocycles. The molecule has 0 aliphatic carbocycles. The highest BCUT2D eigenvalue weighted by Gasteiger charge is 2.09. The zero-order chi connectivity index (χ0) is 13.4. The average molecular weight is 283 g/mol. The Balaban J connectivity index is 1.68. The first-order valence-electron chi connectivity index (χ1n) is 5.95. The molecule has 0 bridgehead atoms. The summed E-state index contributed by atoms with van der Waals surface area (Å²) in [5.41, 5.74) is 1.74. The first-order valence-corrected chi connectivity index (χ1v) is 6.82. The van der Waals surface area contributed by atoms with Crippen LogP contribution in [-0.4, -0.2) is 20.2 Å². The van der Waals surface area contributed by atoms with Gasteiger partial charge in [-0.15, -0.1) is 11.3 Å². The van der Waals surface area contributed by atoms with Gasteiger partial charge in [0.15, 0.2) is 17.4 Å². The Morgan fingerprint density at radius 1 is 1.25 bits per heavy atom. The molecule has 7 heteroatoms. The topological polar surface area (TPSA) is 79.6 Å². The molecule has 20 heavy (non-hydrogen) atoms. The van der Waals surface area contributed by atoms with Crippen LogP contribution in [0.4, 0.5) is 11.6 Å². The molecule has 0 amide bonds. The number of anilines is 2. The number of thiophene rings is 1. The Hall–Kier alpha value is -2.67. The molecule has 4 aromatic rings. The Bertz CT molecular complexity index is 849. The predicted octanol–water partition coefficient (Wildman–Crippen LogP) is 3.42. The second-order valence-electron chi connectivity index (χ2n) is 4.13. The molecule has 0 atom stereocenters. The minimum Gasteiger partial charge on any atom is -0.463 e. The first kappa shape index (κ1) is 11.2. The van der Waals surface area contributed by atoms with Gasteiger partial charge in [0.2, 0.25) is 0 Å². The van der Waals surface area contributed by atoms with E-state index in [0.717, 1.165) is 27.5 Å². The van der Waals surface area contributed by atoms with Crippen molar-refractivity contribution in [2.75, 3.05) is 5.32 Å². The van der Waals surface area contributed by atoms with Crippen LogP contribution >= 0.6 is 11.3 Å². The second-order valence-corrected chi connectivity index (χ2v) is 5.04. The van der Waals surface area contributed by atoms with Crippen LogP contribution in [0.25, 0.3) is 21.7 Å². The molecule has 0 aromatic carbocycles. The minimum absolute atomic E-state index is 0.685. The molecule has 0 fully saturated rings. The summed E-state index contributed by atoms with van der Waals surface area (Å²) in [6.45, 7) is 0. The molecule has 4 rings (SSSR count). The summed E-state index contributed by atoms with van der Waals surface area (Å²) in [5, 5.41) is 12.3. The summed E-state index contributed by atoms with van der Waals surface area (Å²) in [6, 6.07) is 7.55. The van der Waals surface area contributed by atoms with Crippen molar-refractivity contribution in [1.82, 2.24) is 20.2 Å². The summed E-state index contributed by atoms with van der Waals surface area (Å²) in [7, 11) is 0. The van der Waals surface area contributed by atoms with Crippen LogP contribution in [0.1, 0.15) is 0 Å². The summed E-state index contributed by atoms with van der Waals surface area (Å²) in [6.07, 6.45) is 3.17. The number of nitrogens with one attached hydrogen (secondary N) is 2. The highest BCUT2D eigenvalue weighted by Crippen LogP contribution is 2.28. The number of aromatic amines is 1. The lowest BCUT2D eigenvalue weighted by Gasteiger charge is -2.01. The van der Waals surface area contributed by atoms with E-state index in [1.165, 1.54) is 6.33 Å². The van der Waals surface area contributed by atoms with Gasteiger partial charge in [-0.25, -0.2) is 9.97 Å². The van der Waals surface area contributed by atoms with Crippen molar-refractivity contribution in [3.05, 3.63) is 42.2 Å². The van der Waals surface area contributed by atoms with Crippen LogP contribution in [0.2, 0.25) is 0 Å². The Morgan fingerprint density at radius 3 is 3.15 bits per heavy atom. The van der Waals surface area contributed by atoms with Crippen LogP contribution in [0.5, 0.6) is 0 Å². The monoisotopic (exact) mass is 283 g/mol. The van der Waals surface area contributed by atoms with Crippen molar-refractivity contribution in [1.29, 1.82) is 0 Å². The van der Waals surface area contributed by atoms with E-state index in [2.05, 4.69) is 25.5 Å². The molecule has 2 N–H and O–H groups in total. The van der Waals surface area contributed by atoms with Crippen LogP contribution < -0.4 is 5.32 Å². The molecule has 0 aliphatic rings. The molecule has 6 nitrogen and oxygen atoms in total. The molecule has 98 valence electrons. The van der Waals surface area contributed by atoms with Crippen LogP contribution in [-0.2, 0) is 0 Å². The maximum atomic E-state index is 5.32. The molecule has 0 saturated heterocycles. The van der Waals surface area contributed by atoms with Gasteiger partial charge in [0, 0.05) is 6.07 Å². The van der Waals surface area contributed by atoms with E-state index in [-0.39, 0.29) is 0 Å².